The summed E-state index contributed by atoms with van der Waals surface area (Å²) in [7, 11) is 54.9. The Morgan fingerprint density at radius 3 is 1.32 bits per heavy atom. The minimum Gasteiger partial charge on any atom is -0.456 e. The first-order valence-electron chi connectivity index (χ1n) is 19.2. The first-order chi connectivity index (χ1) is 28.6. The van der Waals surface area contributed by atoms with E-state index in [-0.39, 0.29) is 43.7 Å². The van der Waals surface area contributed by atoms with E-state index in [0.29, 0.717) is 32.7 Å². The van der Waals surface area contributed by atoms with Crippen LogP contribution in [-0.2, 0) is 0 Å². The van der Waals surface area contributed by atoms with E-state index in [1.807, 2.05) is 36.4 Å². The highest BCUT2D eigenvalue weighted by molar-refractivity contribution is 6.71. The number of furan rings is 1. The molecule has 0 aliphatic carbocycles. The molecule has 0 N–H and O–H groups in total. The second kappa shape index (κ2) is 13.2. The van der Waals surface area contributed by atoms with Crippen LogP contribution in [0, 0.1) is 0 Å². The molecule has 9 heteroatoms. The van der Waals surface area contributed by atoms with Gasteiger partial charge in [-0.3, -0.25) is 0 Å². The Balaban J connectivity index is 1.24. The highest BCUT2D eigenvalue weighted by Gasteiger charge is 2.25. The molecule has 11 rings (SSSR count). The molecule has 0 amide bonds. The third kappa shape index (κ3) is 5.16. The van der Waals surface area contributed by atoms with Crippen LogP contribution in [0.15, 0.2) is 138 Å². The lowest BCUT2D eigenvalue weighted by molar-refractivity contribution is 0.669. The van der Waals surface area contributed by atoms with Crippen molar-refractivity contribution in [3.05, 3.63) is 133 Å². The van der Waals surface area contributed by atoms with Crippen LogP contribution in [0.5, 0.6) is 0 Å². The van der Waals surface area contributed by atoms with Gasteiger partial charge in [-0.15, -0.1) is 21.9 Å². The van der Waals surface area contributed by atoms with Gasteiger partial charge in [0.15, 0.2) is 0 Å². The lowest BCUT2D eigenvalue weighted by atomic mass is 9.59. The van der Waals surface area contributed by atoms with Gasteiger partial charge < -0.3 is 4.42 Å². The summed E-state index contributed by atoms with van der Waals surface area (Å²) < 4.78 is 6.38. The summed E-state index contributed by atoms with van der Waals surface area (Å²) in [4.78, 5) is 0. The largest absolute Gasteiger partial charge is 0.456 e. The van der Waals surface area contributed by atoms with E-state index in [9.17, 15) is 0 Å². The fourth-order valence-corrected chi connectivity index (χ4v) is 9.25. The zero-order valence-corrected chi connectivity index (χ0v) is 31.7. The van der Waals surface area contributed by atoms with E-state index >= 15 is 0 Å². The maximum Gasteiger partial charge on any atom is 0.136 e. The molecule has 1 aromatic heterocycles. The number of benzene rings is 10. The molecule has 1 nitrogen and oxygen atoms in total. The molecular weight excluding hydrogens is 703 g/mol. The van der Waals surface area contributed by atoms with Gasteiger partial charge in [0.25, 0.3) is 0 Å². The predicted octanol–water partition coefficient (Wildman–Crippen LogP) is 4.70. The van der Waals surface area contributed by atoms with Gasteiger partial charge >= 0.3 is 0 Å². The molecule has 0 aliphatic heterocycles. The van der Waals surface area contributed by atoms with Crippen molar-refractivity contribution in [1.29, 1.82) is 0 Å². The van der Waals surface area contributed by atoms with E-state index in [1.54, 1.807) is 0 Å². The molecule has 0 aliphatic rings. The van der Waals surface area contributed by atoms with Gasteiger partial charge in [-0.25, -0.2) is 0 Å². The van der Waals surface area contributed by atoms with Crippen molar-refractivity contribution in [2.45, 2.75) is 0 Å². The summed E-state index contributed by atoms with van der Waals surface area (Å²) >= 11 is 0. The maximum absolute atomic E-state index is 7.06. The average molecular weight is 725 g/mol. The Hall–Kier alpha value is -6.18. The van der Waals surface area contributed by atoms with Crippen molar-refractivity contribution in [3.8, 4) is 33.4 Å². The van der Waals surface area contributed by atoms with Crippen molar-refractivity contribution in [1.82, 2.24) is 0 Å². The molecule has 0 atom stereocenters. The lowest BCUT2D eigenvalue weighted by Gasteiger charge is -2.28. The molecule has 0 fully saturated rings. The first kappa shape index (κ1) is 35.9. The summed E-state index contributed by atoms with van der Waals surface area (Å²) in [6.45, 7) is 0. The van der Waals surface area contributed by atoms with Gasteiger partial charge in [0.2, 0.25) is 0 Å². The Morgan fingerprint density at radius 2 is 0.729 bits per heavy atom. The van der Waals surface area contributed by atoms with Crippen molar-refractivity contribution >= 4 is 182 Å². The zero-order valence-electron chi connectivity index (χ0n) is 31.7. The normalized spacial score (nSPS) is 11.9. The topological polar surface area (TPSA) is 13.1 Å². The van der Waals surface area contributed by atoms with Crippen LogP contribution >= 0.6 is 0 Å². The molecule has 10 aromatic carbocycles. The summed E-state index contributed by atoms with van der Waals surface area (Å²) in [5, 5.41) is 11.0. The van der Waals surface area contributed by atoms with Crippen LogP contribution in [0.1, 0.15) is 0 Å². The van der Waals surface area contributed by atoms with Crippen LogP contribution in [0.3, 0.4) is 0 Å². The summed E-state index contributed by atoms with van der Waals surface area (Å²) in [5.74, 6) is 0. The highest BCUT2D eigenvalue weighted by atomic mass is 16.3. The second-order valence-corrected chi connectivity index (χ2v) is 15.3. The SMILES string of the molecule is [B]c1c([B])c([B])c2c(-c3ccc4oc5cc6ccccc6cc5c4c3)c3c([B])c([B])c([B])c([B])c3c(-c3ccc(-c4cc5ccccc5c5ccccc45)cc3)c2c1[B]. The maximum atomic E-state index is 7.06. The van der Waals surface area contributed by atoms with Crippen LogP contribution < -0.4 is 43.7 Å². The van der Waals surface area contributed by atoms with Crippen LogP contribution in [-0.4, -0.2) is 62.8 Å². The van der Waals surface area contributed by atoms with Crippen molar-refractivity contribution in [2.24, 2.45) is 0 Å². The highest BCUT2D eigenvalue weighted by Crippen LogP contribution is 2.43. The Morgan fingerprint density at radius 1 is 0.288 bits per heavy atom. The molecule has 0 saturated carbocycles. The standard InChI is InChI=1S/C50H22B8O/c51-43-39-37(24-15-13-23(14-16-24)32-20-27-9-3-4-10-29(27)30-11-5-6-12-31(30)32)40-42(46(54)50(58)48(56)44(40)52)38(41(39)45(53)49(57)47(43)55)28-17-18-35-33(21-28)34-19-25-7-1-2-8-26(25)22-36(34)59-35/h1-22H. The number of hydrogen-bond donors (Lipinski definition) is 0. The molecular formula is C50H22B8O. The van der Waals surface area contributed by atoms with E-state index in [0.717, 1.165) is 65.7 Å². The van der Waals surface area contributed by atoms with Crippen LogP contribution in [0.4, 0.5) is 0 Å². The van der Waals surface area contributed by atoms with Crippen LogP contribution in [0.2, 0.25) is 0 Å². The van der Waals surface area contributed by atoms with Crippen molar-refractivity contribution < 1.29 is 4.42 Å². The molecule has 0 saturated heterocycles. The fourth-order valence-electron chi connectivity index (χ4n) is 9.25. The molecule has 252 valence electrons. The Kier molecular flexibility index (Phi) is 8.02. The molecule has 11 aromatic rings. The second-order valence-electron chi connectivity index (χ2n) is 15.3. The van der Waals surface area contributed by atoms with E-state index < -0.39 is 0 Å². The molecule has 1 heterocycles. The van der Waals surface area contributed by atoms with Gasteiger partial charge in [-0.1, -0.05) is 125 Å². The Labute approximate surface area is 351 Å². The lowest BCUT2D eigenvalue weighted by Crippen LogP contribution is -2.50. The average Bonchev–Trinajstić information content (AvgIpc) is 3.63. The van der Waals surface area contributed by atoms with Crippen molar-refractivity contribution in [2.75, 3.05) is 0 Å². The van der Waals surface area contributed by atoms with Gasteiger partial charge in [-0.2, -0.15) is 0 Å². The molecule has 59 heavy (non-hydrogen) atoms. The number of fused-ring (bicyclic) bond motifs is 9. The fraction of sp³-hybridized carbons (Fsp3) is 0. The van der Waals surface area contributed by atoms with Gasteiger partial charge in [0.05, 0.1) is 0 Å². The predicted molar refractivity (Wildman–Crippen MR) is 261 cm³/mol. The molecule has 16 radical (unpaired) electrons. The zero-order chi connectivity index (χ0) is 40.4. The van der Waals surface area contributed by atoms with Crippen LogP contribution in [0.25, 0.3) is 109 Å². The van der Waals surface area contributed by atoms with E-state index in [2.05, 4.69) is 97.1 Å². The third-order valence-corrected chi connectivity index (χ3v) is 12.2. The van der Waals surface area contributed by atoms with Gasteiger partial charge in [0.1, 0.15) is 73.9 Å². The van der Waals surface area contributed by atoms with Crippen molar-refractivity contribution in [3.63, 3.8) is 0 Å². The number of hydrogen-bond acceptors (Lipinski definition) is 1. The van der Waals surface area contributed by atoms with E-state index in [1.165, 1.54) is 10.8 Å². The summed E-state index contributed by atoms with van der Waals surface area (Å²) in [5.41, 5.74) is 8.13. The number of rotatable bonds is 3. The quantitative estimate of drug-likeness (QED) is 0.146. The molecule has 0 bridgehead atoms. The summed E-state index contributed by atoms with van der Waals surface area (Å²) in [6, 6.07) is 45.8. The van der Waals surface area contributed by atoms with Gasteiger partial charge in [0, 0.05) is 10.8 Å². The summed E-state index contributed by atoms with van der Waals surface area (Å²) in [6.07, 6.45) is 0. The third-order valence-electron chi connectivity index (χ3n) is 12.2. The molecule has 0 spiro atoms. The monoisotopic (exact) mass is 726 g/mol. The minimum atomic E-state index is 0.163. The van der Waals surface area contributed by atoms with E-state index in [4.69, 9.17) is 67.2 Å². The molecule has 0 unspecified atom stereocenters. The minimum absolute atomic E-state index is 0.163. The smallest absolute Gasteiger partial charge is 0.136 e. The first-order valence-corrected chi connectivity index (χ1v) is 19.2. The Bertz CT molecular complexity index is 3560. The van der Waals surface area contributed by atoms with Gasteiger partial charge in [-0.05, 0) is 118 Å².